The van der Waals surface area contributed by atoms with E-state index in [1.165, 1.54) is 6.08 Å². The van der Waals surface area contributed by atoms with Gasteiger partial charge in [0.15, 0.2) is 6.61 Å². The fourth-order valence-electron chi connectivity index (χ4n) is 3.00. The summed E-state index contributed by atoms with van der Waals surface area (Å²) in [6, 6.07) is 23.6. The molecule has 0 unspecified atom stereocenters. The van der Waals surface area contributed by atoms with Crippen molar-refractivity contribution in [3.8, 4) is 11.8 Å². The zero-order valence-electron chi connectivity index (χ0n) is 17.9. The van der Waals surface area contributed by atoms with E-state index in [1.54, 1.807) is 36.4 Å². The fourth-order valence-corrected chi connectivity index (χ4v) is 3.00. The Morgan fingerprint density at radius 2 is 1.72 bits per heavy atom. The molecular formula is C26H23N3O3. The number of nitrogens with zero attached hydrogens (tertiary/aromatic N) is 1. The smallest absolute Gasteiger partial charge is 0.266 e. The van der Waals surface area contributed by atoms with Crippen LogP contribution in [0.25, 0.3) is 6.08 Å². The second kappa shape index (κ2) is 10.6. The molecule has 0 saturated heterocycles. The van der Waals surface area contributed by atoms with Gasteiger partial charge in [-0.05, 0) is 55.3 Å². The summed E-state index contributed by atoms with van der Waals surface area (Å²) in [7, 11) is 0. The Morgan fingerprint density at radius 1 is 0.969 bits per heavy atom. The normalized spacial score (nSPS) is 10.7. The van der Waals surface area contributed by atoms with Crippen molar-refractivity contribution < 1.29 is 14.3 Å². The molecular weight excluding hydrogens is 402 g/mol. The summed E-state index contributed by atoms with van der Waals surface area (Å²) in [5.74, 6) is -0.440. The molecule has 0 aromatic heterocycles. The van der Waals surface area contributed by atoms with Crippen molar-refractivity contribution in [3.05, 3.63) is 95.1 Å². The molecule has 6 nitrogen and oxygen atoms in total. The first-order valence-corrected chi connectivity index (χ1v) is 10.0. The first-order valence-electron chi connectivity index (χ1n) is 10.0. The Balaban J connectivity index is 1.71. The number of benzene rings is 3. The Bertz CT molecular complexity index is 1210. The van der Waals surface area contributed by atoms with Gasteiger partial charge < -0.3 is 15.4 Å². The molecule has 0 bridgehead atoms. The van der Waals surface area contributed by atoms with E-state index in [9.17, 15) is 14.9 Å². The minimum atomic E-state index is -0.520. The zero-order chi connectivity index (χ0) is 22.9. The van der Waals surface area contributed by atoms with E-state index in [0.29, 0.717) is 22.7 Å². The first kappa shape index (κ1) is 22.3. The van der Waals surface area contributed by atoms with Crippen molar-refractivity contribution in [2.75, 3.05) is 17.2 Å². The fraction of sp³-hybridized carbons (Fsp3) is 0.115. The van der Waals surface area contributed by atoms with Crippen molar-refractivity contribution >= 4 is 29.3 Å². The molecule has 160 valence electrons. The van der Waals surface area contributed by atoms with Gasteiger partial charge in [0.05, 0.1) is 0 Å². The van der Waals surface area contributed by atoms with Gasteiger partial charge >= 0.3 is 0 Å². The second-order valence-electron chi connectivity index (χ2n) is 7.18. The maximum atomic E-state index is 12.6. The third-order valence-corrected chi connectivity index (χ3v) is 4.64. The van der Waals surface area contributed by atoms with Crippen LogP contribution in [0.1, 0.15) is 16.7 Å². The molecule has 2 amide bonds. The molecule has 3 aromatic rings. The predicted molar refractivity (Wildman–Crippen MR) is 125 cm³/mol. The zero-order valence-corrected chi connectivity index (χ0v) is 17.9. The van der Waals surface area contributed by atoms with Crippen LogP contribution in [0.3, 0.4) is 0 Å². The molecule has 0 heterocycles. The molecule has 0 aliphatic carbocycles. The van der Waals surface area contributed by atoms with Crippen molar-refractivity contribution in [3.63, 3.8) is 0 Å². The number of amides is 2. The van der Waals surface area contributed by atoms with Gasteiger partial charge in [0, 0.05) is 16.9 Å². The minimum Gasteiger partial charge on any atom is -0.483 e. The number of hydrogen-bond donors (Lipinski definition) is 2. The number of nitrogens with one attached hydrogen (secondary N) is 2. The quantitative estimate of drug-likeness (QED) is 0.417. The number of carbonyl (C=O) groups excluding carboxylic acids is 2. The van der Waals surface area contributed by atoms with Crippen LogP contribution in [-0.2, 0) is 9.59 Å². The van der Waals surface area contributed by atoms with Crippen molar-refractivity contribution in [2.45, 2.75) is 13.8 Å². The highest BCUT2D eigenvalue weighted by Gasteiger charge is 2.13. The highest BCUT2D eigenvalue weighted by atomic mass is 16.5. The average molecular weight is 425 g/mol. The summed E-state index contributed by atoms with van der Waals surface area (Å²) in [6.45, 7) is 3.60. The molecule has 2 N–H and O–H groups in total. The molecule has 0 atom stereocenters. The van der Waals surface area contributed by atoms with E-state index in [-0.39, 0.29) is 18.1 Å². The summed E-state index contributed by atoms with van der Waals surface area (Å²) in [6.07, 6.45) is 1.45. The predicted octanol–water partition coefficient (Wildman–Crippen LogP) is 4.87. The first-order chi connectivity index (χ1) is 15.5. The van der Waals surface area contributed by atoms with Gasteiger partial charge in [0.1, 0.15) is 17.4 Å². The Labute approximate surface area is 187 Å². The lowest BCUT2D eigenvalue weighted by Crippen LogP contribution is -2.20. The van der Waals surface area contributed by atoms with Crippen LogP contribution >= 0.6 is 0 Å². The van der Waals surface area contributed by atoms with Gasteiger partial charge in [-0.25, -0.2) is 0 Å². The lowest BCUT2D eigenvalue weighted by molar-refractivity contribution is -0.118. The topological polar surface area (TPSA) is 91.2 Å². The highest BCUT2D eigenvalue weighted by Crippen LogP contribution is 2.22. The van der Waals surface area contributed by atoms with Crippen LogP contribution in [0.15, 0.2) is 78.4 Å². The van der Waals surface area contributed by atoms with Gasteiger partial charge in [-0.2, -0.15) is 5.26 Å². The molecule has 0 spiro atoms. The molecule has 3 rings (SSSR count). The molecule has 32 heavy (non-hydrogen) atoms. The molecule has 3 aromatic carbocycles. The number of aryl methyl sites for hydroxylation is 2. The van der Waals surface area contributed by atoms with E-state index in [1.807, 2.05) is 56.3 Å². The van der Waals surface area contributed by atoms with Crippen LogP contribution in [0.4, 0.5) is 11.4 Å². The number of para-hydroxylation sites is 2. The standard InChI is InChI=1S/C26H23N3O3/c1-18-8-7-11-22(14-18)28-25(30)17-32-24-13-6-4-10-20(24)15-21(16-27)26(31)29-23-12-5-3-9-19(23)2/h3-15H,17H2,1-2H3,(H,28,30)(H,29,31)/b21-15+. The summed E-state index contributed by atoms with van der Waals surface area (Å²) < 4.78 is 5.67. The van der Waals surface area contributed by atoms with Gasteiger partial charge in [-0.15, -0.1) is 0 Å². The SMILES string of the molecule is Cc1cccc(NC(=O)COc2ccccc2/C=C(\C#N)C(=O)Nc2ccccc2C)c1. The number of anilines is 2. The van der Waals surface area contributed by atoms with Crippen LogP contribution in [-0.4, -0.2) is 18.4 Å². The molecule has 0 saturated carbocycles. The molecule has 0 radical (unpaired) electrons. The van der Waals surface area contributed by atoms with Gasteiger partial charge in [-0.1, -0.05) is 48.5 Å². The number of ether oxygens (including phenoxy) is 1. The second-order valence-corrected chi connectivity index (χ2v) is 7.18. The lowest BCUT2D eigenvalue weighted by Gasteiger charge is -2.11. The molecule has 6 heteroatoms. The van der Waals surface area contributed by atoms with Crippen LogP contribution < -0.4 is 15.4 Å². The highest BCUT2D eigenvalue weighted by molar-refractivity contribution is 6.10. The Hall–Kier alpha value is -4.37. The summed E-state index contributed by atoms with van der Waals surface area (Å²) in [4.78, 5) is 24.9. The maximum absolute atomic E-state index is 12.6. The summed E-state index contributed by atoms with van der Waals surface area (Å²) in [5.41, 5.74) is 3.69. The largest absolute Gasteiger partial charge is 0.483 e. The average Bonchev–Trinajstić information content (AvgIpc) is 2.78. The maximum Gasteiger partial charge on any atom is 0.266 e. The molecule has 0 aliphatic heterocycles. The third kappa shape index (κ3) is 6.07. The number of hydrogen-bond acceptors (Lipinski definition) is 4. The Kier molecular flexibility index (Phi) is 7.39. The third-order valence-electron chi connectivity index (χ3n) is 4.64. The van der Waals surface area contributed by atoms with E-state index in [0.717, 1.165) is 11.1 Å². The van der Waals surface area contributed by atoms with Gasteiger partial charge in [0.25, 0.3) is 11.8 Å². The monoisotopic (exact) mass is 425 g/mol. The van der Waals surface area contributed by atoms with Crippen LogP contribution in [0, 0.1) is 25.2 Å². The summed E-state index contributed by atoms with van der Waals surface area (Å²) >= 11 is 0. The van der Waals surface area contributed by atoms with Crippen LogP contribution in [0.2, 0.25) is 0 Å². The van der Waals surface area contributed by atoms with Gasteiger partial charge in [-0.3, -0.25) is 9.59 Å². The molecule has 0 fully saturated rings. The number of rotatable bonds is 7. The lowest BCUT2D eigenvalue weighted by atomic mass is 10.1. The van der Waals surface area contributed by atoms with Gasteiger partial charge in [0.2, 0.25) is 0 Å². The Morgan fingerprint density at radius 3 is 2.47 bits per heavy atom. The van der Waals surface area contributed by atoms with E-state index in [2.05, 4.69) is 10.6 Å². The van der Waals surface area contributed by atoms with E-state index >= 15 is 0 Å². The minimum absolute atomic E-state index is 0.0754. The van der Waals surface area contributed by atoms with E-state index in [4.69, 9.17) is 4.74 Å². The van der Waals surface area contributed by atoms with Crippen molar-refractivity contribution in [1.29, 1.82) is 5.26 Å². The number of nitriles is 1. The van der Waals surface area contributed by atoms with Crippen molar-refractivity contribution in [2.24, 2.45) is 0 Å². The number of carbonyl (C=O) groups is 2. The van der Waals surface area contributed by atoms with Crippen molar-refractivity contribution in [1.82, 2.24) is 0 Å². The van der Waals surface area contributed by atoms with E-state index < -0.39 is 5.91 Å². The van der Waals surface area contributed by atoms with Crippen LogP contribution in [0.5, 0.6) is 5.75 Å². The summed E-state index contributed by atoms with van der Waals surface area (Å²) in [5, 5.41) is 15.0. The molecule has 0 aliphatic rings.